The first-order valence-corrected chi connectivity index (χ1v) is 16.9. The Hall–Kier alpha value is -3.06. The second-order valence-electron chi connectivity index (χ2n) is 14.1. The number of nitrogens with zero attached hydrogens (tertiary/aromatic N) is 5. The van der Waals surface area contributed by atoms with Gasteiger partial charge in [0, 0.05) is 31.8 Å². The molecule has 3 fully saturated rings. The Morgan fingerprint density at radius 2 is 1.96 bits per heavy atom. The fourth-order valence-corrected chi connectivity index (χ4v) is 7.49. The van der Waals surface area contributed by atoms with Crippen LogP contribution in [0.15, 0.2) is 24.3 Å². The molecule has 5 rings (SSSR count). The minimum Gasteiger partial charge on any atom is -0.506 e. The number of aliphatic hydroxyl groups excluding tert-OH is 1. The van der Waals surface area contributed by atoms with Crippen LogP contribution in [0.1, 0.15) is 71.7 Å². The summed E-state index contributed by atoms with van der Waals surface area (Å²) in [5.41, 5.74) is 0.227. The normalized spacial score (nSPS) is 24.9. The molecule has 2 aromatic rings. The van der Waals surface area contributed by atoms with Gasteiger partial charge in [-0.3, -0.25) is 19.2 Å². The summed E-state index contributed by atoms with van der Waals surface area (Å²) in [5, 5.41) is 21.2. The van der Waals surface area contributed by atoms with Gasteiger partial charge < -0.3 is 24.9 Å². The van der Waals surface area contributed by atoms with E-state index in [1.807, 2.05) is 24.8 Å². The highest BCUT2D eigenvalue weighted by atomic mass is 32.1. The van der Waals surface area contributed by atoms with E-state index in [0.717, 1.165) is 43.6 Å². The molecule has 1 aromatic heterocycles. The summed E-state index contributed by atoms with van der Waals surface area (Å²) in [4.78, 5) is 58.8. The number of benzene rings is 1. The minimum absolute atomic E-state index is 0.0392. The monoisotopic (exact) mass is 641 g/mol. The van der Waals surface area contributed by atoms with Gasteiger partial charge in [-0.2, -0.15) is 5.06 Å². The summed E-state index contributed by atoms with van der Waals surface area (Å²) >= 11 is 1.36. The maximum absolute atomic E-state index is 14.3. The minimum atomic E-state index is -0.881. The maximum atomic E-state index is 14.3. The van der Waals surface area contributed by atoms with Crippen LogP contribution in [0.25, 0.3) is 16.3 Å². The van der Waals surface area contributed by atoms with Crippen LogP contribution in [0, 0.1) is 11.3 Å². The molecule has 2 N–H and O–H groups in total. The largest absolute Gasteiger partial charge is 0.506 e. The molecule has 0 bridgehead atoms. The van der Waals surface area contributed by atoms with Crippen molar-refractivity contribution in [2.75, 3.05) is 32.8 Å². The lowest BCUT2D eigenvalue weighted by Crippen LogP contribution is -2.74. The Morgan fingerprint density at radius 3 is 2.64 bits per heavy atom. The molecule has 3 aliphatic heterocycles. The Labute approximate surface area is 269 Å². The van der Waals surface area contributed by atoms with Gasteiger partial charge in [0.1, 0.15) is 22.3 Å². The lowest BCUT2D eigenvalue weighted by atomic mass is 9.85. The van der Waals surface area contributed by atoms with E-state index < -0.39 is 24.2 Å². The standard InChI is InChI=1S/C33H47N5O6S/c1-21(2)17-25-32(43)37-23(18-33(3,4)5)31(42)36(22-13-15-35(19-22)14-6-7-16-39)20-28(37)38(44-25)29(41)12-11-27-34-30-24(40)9-8-10-26(30)45-27/h8-12,21-23,25,28,39-40H,6-7,13-20H2,1-5H3/b12-11+/t22-,23-,25+,28-/m0/s1. The number of amides is 3. The van der Waals surface area contributed by atoms with Crippen molar-refractivity contribution in [3.8, 4) is 5.75 Å². The molecule has 1 aromatic carbocycles. The molecule has 12 heteroatoms. The number of phenolic OH excluding ortho intramolecular Hbond substituents is 1. The Morgan fingerprint density at radius 1 is 1.18 bits per heavy atom. The molecule has 246 valence electrons. The topological polar surface area (TPSA) is 127 Å². The fraction of sp³-hybridized carbons (Fsp3) is 0.636. The molecular formula is C33H47N5O6S. The van der Waals surface area contributed by atoms with Crippen molar-refractivity contribution in [3.63, 3.8) is 0 Å². The van der Waals surface area contributed by atoms with Crippen molar-refractivity contribution < 1.29 is 29.4 Å². The predicted molar refractivity (Wildman–Crippen MR) is 173 cm³/mol. The second kappa shape index (κ2) is 13.7. The van der Waals surface area contributed by atoms with E-state index in [-0.39, 0.29) is 48.1 Å². The summed E-state index contributed by atoms with van der Waals surface area (Å²) < 4.78 is 0.804. The van der Waals surface area contributed by atoms with Gasteiger partial charge in [-0.25, -0.2) is 4.98 Å². The summed E-state index contributed by atoms with van der Waals surface area (Å²) in [6, 6.07) is 4.43. The van der Waals surface area contributed by atoms with Gasteiger partial charge in [-0.05, 0) is 68.2 Å². The number of hydroxylamine groups is 2. The summed E-state index contributed by atoms with van der Waals surface area (Å²) in [6.07, 6.45) is 4.66. The molecule has 11 nitrogen and oxygen atoms in total. The number of aliphatic hydroxyl groups is 1. The van der Waals surface area contributed by atoms with Crippen LogP contribution >= 0.6 is 11.3 Å². The van der Waals surface area contributed by atoms with E-state index in [2.05, 4.69) is 30.7 Å². The summed E-state index contributed by atoms with van der Waals surface area (Å²) in [6.45, 7) is 12.9. The highest BCUT2D eigenvalue weighted by Crippen LogP contribution is 2.36. The zero-order valence-electron chi connectivity index (χ0n) is 27.0. The van der Waals surface area contributed by atoms with Crippen LogP contribution in [0.2, 0.25) is 0 Å². The van der Waals surface area contributed by atoms with Crippen LogP contribution < -0.4 is 0 Å². The highest BCUT2D eigenvalue weighted by Gasteiger charge is 2.54. The van der Waals surface area contributed by atoms with Gasteiger partial charge in [0.2, 0.25) is 5.91 Å². The number of hydrogen-bond acceptors (Lipinski definition) is 9. The molecule has 4 atom stereocenters. The second-order valence-corrected chi connectivity index (χ2v) is 15.1. The number of para-hydroxylation sites is 1. The molecule has 0 saturated carbocycles. The van der Waals surface area contributed by atoms with E-state index in [9.17, 15) is 24.6 Å². The zero-order valence-corrected chi connectivity index (χ0v) is 27.8. The van der Waals surface area contributed by atoms with Gasteiger partial charge in [0.05, 0.1) is 11.2 Å². The maximum Gasteiger partial charge on any atom is 0.272 e. The first-order chi connectivity index (χ1) is 21.4. The molecule has 3 saturated heterocycles. The molecule has 4 heterocycles. The van der Waals surface area contributed by atoms with Crippen LogP contribution in [-0.2, 0) is 19.2 Å². The molecule has 0 aliphatic carbocycles. The molecule has 0 spiro atoms. The zero-order chi connectivity index (χ0) is 32.5. The molecule has 0 radical (unpaired) electrons. The van der Waals surface area contributed by atoms with Crippen molar-refractivity contribution in [1.82, 2.24) is 24.7 Å². The van der Waals surface area contributed by atoms with Gasteiger partial charge in [-0.15, -0.1) is 11.3 Å². The number of carbonyl (C=O) groups is 3. The lowest BCUT2D eigenvalue weighted by molar-refractivity contribution is -0.275. The van der Waals surface area contributed by atoms with Crippen molar-refractivity contribution >= 4 is 45.4 Å². The summed E-state index contributed by atoms with van der Waals surface area (Å²) in [7, 11) is 0. The number of thiazole rings is 1. The van der Waals surface area contributed by atoms with Gasteiger partial charge >= 0.3 is 0 Å². The fourth-order valence-electron chi connectivity index (χ4n) is 6.60. The van der Waals surface area contributed by atoms with E-state index in [1.165, 1.54) is 22.5 Å². The quantitative estimate of drug-likeness (QED) is 0.296. The number of piperazine rings is 1. The van der Waals surface area contributed by atoms with Crippen LogP contribution in [0.3, 0.4) is 0 Å². The van der Waals surface area contributed by atoms with E-state index in [1.54, 1.807) is 23.1 Å². The van der Waals surface area contributed by atoms with Gasteiger partial charge in [0.15, 0.2) is 12.3 Å². The third-order valence-electron chi connectivity index (χ3n) is 8.69. The number of aromatic hydroxyl groups is 1. The Kier molecular flexibility index (Phi) is 10.2. The number of aromatic nitrogens is 1. The van der Waals surface area contributed by atoms with Crippen LogP contribution in [0.4, 0.5) is 0 Å². The van der Waals surface area contributed by atoms with Gasteiger partial charge in [0.25, 0.3) is 11.8 Å². The molecule has 45 heavy (non-hydrogen) atoms. The number of unbranched alkanes of at least 4 members (excludes halogenated alkanes) is 1. The highest BCUT2D eigenvalue weighted by molar-refractivity contribution is 7.19. The number of fused-ring (bicyclic) bond motifs is 2. The van der Waals surface area contributed by atoms with Crippen molar-refractivity contribution in [3.05, 3.63) is 29.3 Å². The van der Waals surface area contributed by atoms with Crippen molar-refractivity contribution in [1.29, 1.82) is 0 Å². The smallest absolute Gasteiger partial charge is 0.272 e. The van der Waals surface area contributed by atoms with Crippen LogP contribution in [0.5, 0.6) is 5.75 Å². The SMILES string of the molecule is CC(C)C[C@H]1ON(C(=O)/C=C/c2nc3c(O)cccc3s2)[C@H]2CN([C@H]3CCN(CCCCO)C3)C(=O)[C@H](CC(C)(C)C)N2C1=O. The number of rotatable bonds is 10. The van der Waals surface area contributed by atoms with Crippen molar-refractivity contribution in [2.24, 2.45) is 11.3 Å². The first-order valence-electron chi connectivity index (χ1n) is 16.1. The Balaban J connectivity index is 1.45. The lowest BCUT2D eigenvalue weighted by Gasteiger charge is -2.54. The van der Waals surface area contributed by atoms with E-state index in [4.69, 9.17) is 4.84 Å². The van der Waals surface area contributed by atoms with Crippen molar-refractivity contribution in [2.45, 2.75) is 91.1 Å². The summed E-state index contributed by atoms with van der Waals surface area (Å²) in [5.74, 6) is -0.542. The number of carbonyl (C=O) groups excluding carboxylic acids is 3. The number of likely N-dealkylation sites (tertiary alicyclic amines) is 1. The van der Waals surface area contributed by atoms with Crippen LogP contribution in [-0.4, -0.2) is 110 Å². The molecular weight excluding hydrogens is 594 g/mol. The van der Waals surface area contributed by atoms with Gasteiger partial charge in [-0.1, -0.05) is 40.7 Å². The first kappa shape index (κ1) is 33.3. The predicted octanol–water partition coefficient (Wildman–Crippen LogP) is 3.85. The Bertz CT molecular complexity index is 1420. The number of phenols is 1. The average Bonchev–Trinajstić information content (AvgIpc) is 3.61. The average molecular weight is 642 g/mol. The third kappa shape index (κ3) is 7.51. The van der Waals surface area contributed by atoms with E-state index in [0.29, 0.717) is 23.4 Å². The third-order valence-corrected chi connectivity index (χ3v) is 9.67. The number of hydrogen-bond donors (Lipinski definition) is 2. The van der Waals surface area contributed by atoms with E-state index >= 15 is 0 Å². The molecule has 0 unspecified atom stereocenters. The molecule has 3 aliphatic rings. The molecule has 3 amide bonds.